The second-order valence-electron chi connectivity index (χ2n) is 5.34. The van der Waals surface area contributed by atoms with Crippen molar-refractivity contribution in [3.05, 3.63) is 30.1 Å². The Morgan fingerprint density at radius 1 is 1.30 bits per heavy atom. The van der Waals surface area contributed by atoms with E-state index in [2.05, 4.69) is 0 Å². The van der Waals surface area contributed by atoms with Gasteiger partial charge >= 0.3 is 0 Å². The minimum absolute atomic E-state index is 0.250. The summed E-state index contributed by atoms with van der Waals surface area (Å²) >= 11 is 0. The minimum Gasteiger partial charge on any atom is -0.493 e. The Balaban J connectivity index is 1.72. The van der Waals surface area contributed by atoms with Crippen LogP contribution in [0.5, 0.6) is 5.75 Å². The topological polar surface area (TPSA) is 29.5 Å². The van der Waals surface area contributed by atoms with E-state index in [1.54, 1.807) is 12.1 Å². The highest BCUT2D eigenvalue weighted by Gasteiger charge is 2.22. The number of halogens is 1. The number of amides is 1. The quantitative estimate of drug-likeness (QED) is 0.828. The molecule has 110 valence electrons. The second kappa shape index (κ2) is 7.27. The molecule has 1 saturated heterocycles. The number of carbonyl (C=O) groups excluding carboxylic acids is 1. The average molecular weight is 279 g/mol. The Hall–Kier alpha value is -1.58. The van der Waals surface area contributed by atoms with Gasteiger partial charge in [-0.15, -0.1) is 0 Å². The van der Waals surface area contributed by atoms with Crippen LogP contribution in [0.15, 0.2) is 24.3 Å². The largest absolute Gasteiger partial charge is 0.493 e. The number of hydrogen-bond donors (Lipinski definition) is 0. The summed E-state index contributed by atoms with van der Waals surface area (Å²) in [6.45, 7) is 4.33. The van der Waals surface area contributed by atoms with Crippen LogP contribution in [-0.2, 0) is 4.79 Å². The molecule has 1 aliphatic heterocycles. The van der Waals surface area contributed by atoms with Crippen molar-refractivity contribution in [3.63, 3.8) is 0 Å². The van der Waals surface area contributed by atoms with Crippen molar-refractivity contribution in [2.24, 2.45) is 5.92 Å². The van der Waals surface area contributed by atoms with Crippen molar-refractivity contribution in [2.45, 2.75) is 32.6 Å². The second-order valence-corrected chi connectivity index (χ2v) is 5.34. The lowest BCUT2D eigenvalue weighted by molar-refractivity contribution is -0.132. The van der Waals surface area contributed by atoms with Crippen LogP contribution in [0.1, 0.15) is 32.6 Å². The van der Waals surface area contributed by atoms with Crippen LogP contribution in [0.3, 0.4) is 0 Å². The number of nitrogens with zero attached hydrogens (tertiary/aromatic N) is 1. The van der Waals surface area contributed by atoms with Crippen molar-refractivity contribution < 1.29 is 13.9 Å². The van der Waals surface area contributed by atoms with E-state index in [4.69, 9.17) is 4.74 Å². The predicted molar refractivity (Wildman–Crippen MR) is 76.1 cm³/mol. The summed E-state index contributed by atoms with van der Waals surface area (Å²) in [5.41, 5.74) is 0. The summed E-state index contributed by atoms with van der Waals surface area (Å²) in [5.74, 6) is 1.20. The van der Waals surface area contributed by atoms with Gasteiger partial charge in [0, 0.05) is 19.5 Å². The van der Waals surface area contributed by atoms with E-state index in [0.717, 1.165) is 32.4 Å². The van der Waals surface area contributed by atoms with Crippen LogP contribution in [0.2, 0.25) is 0 Å². The van der Waals surface area contributed by atoms with E-state index in [1.165, 1.54) is 12.1 Å². The molecule has 0 bridgehead atoms. The Morgan fingerprint density at radius 2 is 1.95 bits per heavy atom. The first-order valence-corrected chi connectivity index (χ1v) is 7.35. The molecule has 1 fully saturated rings. The molecule has 0 atom stereocenters. The van der Waals surface area contributed by atoms with Gasteiger partial charge in [-0.3, -0.25) is 4.79 Å². The zero-order chi connectivity index (χ0) is 14.4. The molecule has 0 spiro atoms. The zero-order valence-electron chi connectivity index (χ0n) is 12.0. The summed E-state index contributed by atoms with van der Waals surface area (Å²) < 4.78 is 18.4. The van der Waals surface area contributed by atoms with Crippen LogP contribution in [-0.4, -0.2) is 30.5 Å². The van der Waals surface area contributed by atoms with E-state index >= 15 is 0 Å². The predicted octanol–water partition coefficient (Wildman–Crippen LogP) is 3.24. The van der Waals surface area contributed by atoms with Gasteiger partial charge in [0.15, 0.2) is 0 Å². The average Bonchev–Trinajstić information content (AvgIpc) is 2.47. The molecule has 1 aromatic rings. The number of benzene rings is 1. The summed E-state index contributed by atoms with van der Waals surface area (Å²) in [7, 11) is 0. The summed E-state index contributed by atoms with van der Waals surface area (Å²) in [4.78, 5) is 13.7. The maximum Gasteiger partial charge on any atom is 0.222 e. The fourth-order valence-electron chi connectivity index (χ4n) is 2.47. The fourth-order valence-corrected chi connectivity index (χ4v) is 2.47. The number of hydrogen-bond acceptors (Lipinski definition) is 2. The van der Waals surface area contributed by atoms with Crippen LogP contribution in [0, 0.1) is 11.7 Å². The monoisotopic (exact) mass is 279 g/mol. The standard InChI is InChI=1S/C16H22FNO2/c1-2-3-16(19)18-10-8-13(9-11-18)12-20-15-6-4-14(17)5-7-15/h4-7,13H,2-3,8-12H2,1H3. The van der Waals surface area contributed by atoms with E-state index in [9.17, 15) is 9.18 Å². The smallest absolute Gasteiger partial charge is 0.222 e. The molecule has 3 nitrogen and oxygen atoms in total. The molecule has 0 saturated carbocycles. The van der Waals surface area contributed by atoms with Gasteiger partial charge in [-0.25, -0.2) is 4.39 Å². The van der Waals surface area contributed by atoms with E-state index in [-0.39, 0.29) is 11.7 Å². The first-order valence-electron chi connectivity index (χ1n) is 7.35. The van der Waals surface area contributed by atoms with Gasteiger partial charge < -0.3 is 9.64 Å². The van der Waals surface area contributed by atoms with E-state index in [0.29, 0.717) is 24.7 Å². The van der Waals surface area contributed by atoms with E-state index in [1.807, 2.05) is 11.8 Å². The normalized spacial score (nSPS) is 16.2. The molecule has 2 rings (SSSR count). The van der Waals surface area contributed by atoms with Gasteiger partial charge in [-0.05, 0) is 49.4 Å². The molecular formula is C16H22FNO2. The lowest BCUT2D eigenvalue weighted by Crippen LogP contribution is -2.39. The van der Waals surface area contributed by atoms with Gasteiger partial charge in [-0.1, -0.05) is 6.92 Å². The SMILES string of the molecule is CCCC(=O)N1CCC(COc2ccc(F)cc2)CC1. The van der Waals surface area contributed by atoms with Gasteiger partial charge in [0.25, 0.3) is 0 Å². The molecule has 0 aromatic heterocycles. The highest BCUT2D eigenvalue weighted by Crippen LogP contribution is 2.20. The lowest BCUT2D eigenvalue weighted by Gasteiger charge is -2.32. The number of rotatable bonds is 5. The summed E-state index contributed by atoms with van der Waals surface area (Å²) in [5, 5.41) is 0. The van der Waals surface area contributed by atoms with Crippen LogP contribution in [0.25, 0.3) is 0 Å². The number of likely N-dealkylation sites (tertiary alicyclic amines) is 1. The molecular weight excluding hydrogens is 257 g/mol. The van der Waals surface area contributed by atoms with Gasteiger partial charge in [0.05, 0.1) is 6.61 Å². The number of piperidine rings is 1. The number of ether oxygens (including phenoxy) is 1. The van der Waals surface area contributed by atoms with Crippen molar-refractivity contribution in [1.82, 2.24) is 4.90 Å². The van der Waals surface area contributed by atoms with Crippen molar-refractivity contribution in [3.8, 4) is 5.75 Å². The Bertz CT molecular complexity index is 425. The third-order valence-electron chi connectivity index (χ3n) is 3.73. The van der Waals surface area contributed by atoms with Crippen molar-refractivity contribution >= 4 is 5.91 Å². The van der Waals surface area contributed by atoms with Crippen LogP contribution < -0.4 is 4.74 Å². The van der Waals surface area contributed by atoms with Crippen molar-refractivity contribution in [2.75, 3.05) is 19.7 Å². The fraction of sp³-hybridized carbons (Fsp3) is 0.562. The molecule has 4 heteroatoms. The maximum atomic E-state index is 12.8. The molecule has 20 heavy (non-hydrogen) atoms. The zero-order valence-corrected chi connectivity index (χ0v) is 12.0. The maximum absolute atomic E-state index is 12.8. The molecule has 1 aliphatic rings. The first kappa shape index (κ1) is 14.8. The van der Waals surface area contributed by atoms with E-state index < -0.39 is 0 Å². The third-order valence-corrected chi connectivity index (χ3v) is 3.73. The van der Waals surface area contributed by atoms with Gasteiger partial charge in [0.1, 0.15) is 11.6 Å². The van der Waals surface area contributed by atoms with Gasteiger partial charge in [0.2, 0.25) is 5.91 Å². The lowest BCUT2D eigenvalue weighted by atomic mass is 9.97. The highest BCUT2D eigenvalue weighted by atomic mass is 19.1. The van der Waals surface area contributed by atoms with Crippen molar-refractivity contribution in [1.29, 1.82) is 0 Å². The van der Waals surface area contributed by atoms with Gasteiger partial charge in [-0.2, -0.15) is 0 Å². The van der Waals surface area contributed by atoms with Crippen LogP contribution in [0.4, 0.5) is 4.39 Å². The molecule has 0 unspecified atom stereocenters. The molecule has 0 radical (unpaired) electrons. The third kappa shape index (κ3) is 4.22. The Kier molecular flexibility index (Phi) is 5.39. The summed E-state index contributed by atoms with van der Waals surface area (Å²) in [6.07, 6.45) is 3.52. The Morgan fingerprint density at radius 3 is 2.55 bits per heavy atom. The summed E-state index contributed by atoms with van der Waals surface area (Å²) in [6, 6.07) is 6.10. The van der Waals surface area contributed by atoms with Crippen LogP contribution >= 0.6 is 0 Å². The first-order chi connectivity index (χ1) is 9.69. The molecule has 1 amide bonds. The molecule has 1 aromatic carbocycles. The highest BCUT2D eigenvalue weighted by molar-refractivity contribution is 5.76. The Labute approximate surface area is 119 Å². The number of carbonyl (C=O) groups is 1. The minimum atomic E-state index is -0.250. The molecule has 0 aliphatic carbocycles. The molecule has 1 heterocycles. The molecule has 0 N–H and O–H groups in total.